The van der Waals surface area contributed by atoms with Crippen LogP contribution in [0.25, 0.3) is 22.9 Å². The first kappa shape index (κ1) is 11.6. The van der Waals surface area contributed by atoms with Gasteiger partial charge in [0, 0.05) is 12.6 Å². The van der Waals surface area contributed by atoms with Crippen LogP contribution >= 0.6 is 0 Å². The molecule has 0 saturated heterocycles. The van der Waals surface area contributed by atoms with Crippen molar-refractivity contribution in [1.82, 2.24) is 19.5 Å². The van der Waals surface area contributed by atoms with Gasteiger partial charge in [0.15, 0.2) is 23.2 Å². The van der Waals surface area contributed by atoms with Crippen LogP contribution in [0.1, 0.15) is 12.5 Å². The Labute approximate surface area is 111 Å². The number of imidazole rings is 1. The summed E-state index contributed by atoms with van der Waals surface area (Å²) in [6, 6.07) is 8.27. The first-order chi connectivity index (χ1) is 9.19. The lowest BCUT2D eigenvalue weighted by Crippen LogP contribution is -2.03. The summed E-state index contributed by atoms with van der Waals surface area (Å²) in [5.41, 5.74) is 8.78. The fraction of sp³-hybridized carbons (Fsp3) is 0.214. The second-order valence-corrected chi connectivity index (χ2v) is 4.51. The van der Waals surface area contributed by atoms with Crippen molar-refractivity contribution in [2.45, 2.75) is 13.3 Å². The van der Waals surface area contributed by atoms with Gasteiger partial charge >= 0.3 is 0 Å². The number of fused-ring (bicyclic) bond motifs is 1. The van der Waals surface area contributed by atoms with Crippen LogP contribution in [0.4, 0.5) is 5.82 Å². The van der Waals surface area contributed by atoms with Gasteiger partial charge in [-0.2, -0.15) is 0 Å². The third-order valence-electron chi connectivity index (χ3n) is 3.21. The van der Waals surface area contributed by atoms with E-state index in [4.69, 9.17) is 5.73 Å². The third-order valence-corrected chi connectivity index (χ3v) is 3.21. The minimum atomic E-state index is 0.414. The highest BCUT2D eigenvalue weighted by atomic mass is 15.1. The quantitative estimate of drug-likeness (QED) is 0.759. The molecule has 0 fully saturated rings. The number of nitrogen functional groups attached to an aromatic ring is 1. The zero-order chi connectivity index (χ0) is 13.4. The van der Waals surface area contributed by atoms with E-state index in [1.54, 1.807) is 6.33 Å². The molecule has 96 valence electrons. The molecule has 2 aliphatic heterocycles. The van der Waals surface area contributed by atoms with E-state index in [9.17, 15) is 0 Å². The highest BCUT2D eigenvalue weighted by molar-refractivity contribution is 5.71. The standard InChI is InChI=1S/C14H15N5/c1-3-9-4-6-10(7-5-9)13-17-11-12(15)16-8-19(2)14(11)18-13/h4-8H,3,15H2,1-2H3. The Morgan fingerprint density at radius 2 is 1.89 bits per heavy atom. The van der Waals surface area contributed by atoms with Crippen molar-refractivity contribution in [2.24, 2.45) is 7.05 Å². The van der Waals surface area contributed by atoms with Crippen LogP contribution in [0.2, 0.25) is 0 Å². The maximum atomic E-state index is 5.84. The van der Waals surface area contributed by atoms with Crippen LogP contribution in [0.15, 0.2) is 30.6 Å². The number of aryl methyl sites for hydroxylation is 2. The van der Waals surface area contributed by atoms with E-state index < -0.39 is 0 Å². The minimum absolute atomic E-state index is 0.414. The van der Waals surface area contributed by atoms with Crippen molar-refractivity contribution < 1.29 is 0 Å². The van der Waals surface area contributed by atoms with Gasteiger partial charge < -0.3 is 10.3 Å². The van der Waals surface area contributed by atoms with E-state index >= 15 is 0 Å². The molecule has 0 unspecified atom stereocenters. The predicted molar refractivity (Wildman–Crippen MR) is 74.6 cm³/mol. The summed E-state index contributed by atoms with van der Waals surface area (Å²) >= 11 is 0. The second-order valence-electron chi connectivity index (χ2n) is 4.51. The monoisotopic (exact) mass is 253 g/mol. The molecule has 0 aliphatic carbocycles. The summed E-state index contributed by atoms with van der Waals surface area (Å²) in [6.07, 6.45) is 2.67. The average Bonchev–Trinajstić information content (AvgIpc) is 2.89. The number of hydrogen-bond acceptors (Lipinski definition) is 4. The number of nitrogens with zero attached hydrogens (tertiary/aromatic N) is 4. The summed E-state index contributed by atoms with van der Waals surface area (Å²) in [5, 5.41) is 0. The molecule has 19 heavy (non-hydrogen) atoms. The second kappa shape index (κ2) is 4.35. The topological polar surface area (TPSA) is 69.6 Å². The predicted octanol–water partition coefficient (Wildman–Crippen LogP) is 2.13. The fourth-order valence-corrected chi connectivity index (χ4v) is 2.04. The Morgan fingerprint density at radius 1 is 1.16 bits per heavy atom. The van der Waals surface area contributed by atoms with E-state index in [-0.39, 0.29) is 0 Å². The molecular formula is C14H15N5. The van der Waals surface area contributed by atoms with Crippen molar-refractivity contribution in [3.63, 3.8) is 0 Å². The zero-order valence-corrected chi connectivity index (χ0v) is 11.0. The van der Waals surface area contributed by atoms with Crippen molar-refractivity contribution in [3.8, 4) is 22.9 Å². The van der Waals surface area contributed by atoms with Crippen molar-refractivity contribution in [2.75, 3.05) is 5.73 Å². The van der Waals surface area contributed by atoms with Crippen molar-refractivity contribution >= 4 is 5.82 Å². The minimum Gasteiger partial charge on any atom is -0.382 e. The van der Waals surface area contributed by atoms with Crippen LogP contribution in [0.5, 0.6) is 0 Å². The molecule has 0 aromatic heterocycles. The molecule has 0 bridgehead atoms. The number of nitrogens with two attached hydrogens (primary N) is 1. The lowest BCUT2D eigenvalue weighted by molar-refractivity contribution is 0.855. The molecule has 0 saturated carbocycles. The van der Waals surface area contributed by atoms with Gasteiger partial charge in [-0.1, -0.05) is 31.2 Å². The SMILES string of the molecule is CCc1ccc(-c2nc3c(N)ncn(C)c-3n2)cc1. The number of hydrogen-bond donors (Lipinski definition) is 1. The fourth-order valence-electron chi connectivity index (χ4n) is 2.04. The maximum Gasteiger partial charge on any atom is 0.165 e. The molecule has 0 radical (unpaired) electrons. The number of anilines is 1. The van der Waals surface area contributed by atoms with Crippen LogP contribution in [-0.4, -0.2) is 19.5 Å². The van der Waals surface area contributed by atoms with E-state index in [1.165, 1.54) is 5.56 Å². The van der Waals surface area contributed by atoms with E-state index in [2.05, 4.69) is 34.0 Å². The molecule has 0 atom stereocenters. The normalized spacial score (nSPS) is 11.1. The van der Waals surface area contributed by atoms with Gasteiger partial charge in [0.05, 0.1) is 6.33 Å². The van der Waals surface area contributed by atoms with Gasteiger partial charge in [0.25, 0.3) is 0 Å². The van der Waals surface area contributed by atoms with E-state index in [0.717, 1.165) is 17.8 Å². The highest BCUT2D eigenvalue weighted by Crippen LogP contribution is 2.27. The Kier molecular flexibility index (Phi) is 2.67. The maximum absolute atomic E-state index is 5.84. The molecule has 1 aromatic carbocycles. The Hall–Kier alpha value is -2.43. The number of benzene rings is 1. The molecule has 0 spiro atoms. The first-order valence-corrected chi connectivity index (χ1v) is 6.23. The van der Waals surface area contributed by atoms with Crippen LogP contribution < -0.4 is 5.73 Å². The summed E-state index contributed by atoms with van der Waals surface area (Å²) in [6.45, 7) is 2.13. The van der Waals surface area contributed by atoms with Crippen LogP contribution in [0.3, 0.4) is 0 Å². The number of aromatic nitrogens is 4. The van der Waals surface area contributed by atoms with Crippen LogP contribution in [0, 0.1) is 0 Å². The molecular weight excluding hydrogens is 238 g/mol. The molecule has 3 rings (SSSR count). The number of rotatable bonds is 2. The average molecular weight is 253 g/mol. The van der Waals surface area contributed by atoms with Crippen LogP contribution in [-0.2, 0) is 13.5 Å². The largest absolute Gasteiger partial charge is 0.382 e. The highest BCUT2D eigenvalue weighted by Gasteiger charge is 2.17. The van der Waals surface area contributed by atoms with Gasteiger partial charge in [0.1, 0.15) is 0 Å². The molecule has 5 heteroatoms. The van der Waals surface area contributed by atoms with Gasteiger partial charge in [-0.15, -0.1) is 0 Å². The summed E-state index contributed by atoms with van der Waals surface area (Å²) < 4.78 is 1.82. The summed E-state index contributed by atoms with van der Waals surface area (Å²) in [4.78, 5) is 13.1. The zero-order valence-electron chi connectivity index (χ0n) is 11.0. The third kappa shape index (κ3) is 1.93. The molecule has 2 aliphatic rings. The first-order valence-electron chi connectivity index (χ1n) is 6.23. The smallest absolute Gasteiger partial charge is 0.165 e. The Bertz CT molecular complexity index is 648. The van der Waals surface area contributed by atoms with Gasteiger partial charge in [-0.25, -0.2) is 15.0 Å². The van der Waals surface area contributed by atoms with E-state index in [1.807, 2.05) is 23.7 Å². The summed E-state index contributed by atoms with van der Waals surface area (Å²) in [7, 11) is 1.88. The lowest BCUT2D eigenvalue weighted by atomic mass is 10.1. The summed E-state index contributed by atoms with van der Waals surface area (Å²) in [5.74, 6) is 1.85. The molecule has 0 amide bonds. The van der Waals surface area contributed by atoms with Gasteiger partial charge in [-0.05, 0) is 12.0 Å². The molecule has 2 N–H and O–H groups in total. The molecule has 2 heterocycles. The Balaban J connectivity index is 2.12. The molecule has 1 aromatic rings. The lowest BCUT2D eigenvalue weighted by Gasteiger charge is -2.03. The van der Waals surface area contributed by atoms with E-state index in [0.29, 0.717) is 17.3 Å². The van der Waals surface area contributed by atoms with Crippen molar-refractivity contribution in [1.29, 1.82) is 0 Å². The molecule has 5 nitrogen and oxygen atoms in total. The van der Waals surface area contributed by atoms with Gasteiger partial charge in [0.2, 0.25) is 0 Å². The van der Waals surface area contributed by atoms with Gasteiger partial charge in [-0.3, -0.25) is 0 Å². The Morgan fingerprint density at radius 3 is 2.53 bits per heavy atom. The van der Waals surface area contributed by atoms with Crippen molar-refractivity contribution in [3.05, 3.63) is 36.2 Å².